The molecule has 4 atom stereocenters. The Bertz CT molecular complexity index is 1060. The van der Waals surface area contributed by atoms with Crippen LogP contribution in [0.1, 0.15) is 43.9 Å². The molecule has 0 amide bonds. The largest absolute Gasteiger partial charge is 0.487 e. The molecular formula is C25H29N3O4. The van der Waals surface area contributed by atoms with Crippen molar-refractivity contribution in [1.82, 2.24) is 15.0 Å². The summed E-state index contributed by atoms with van der Waals surface area (Å²) < 4.78 is 19.3. The van der Waals surface area contributed by atoms with E-state index >= 15 is 0 Å². The monoisotopic (exact) mass is 435 g/mol. The molecule has 0 N–H and O–H groups in total. The van der Waals surface area contributed by atoms with Gasteiger partial charge in [0, 0.05) is 11.5 Å². The van der Waals surface area contributed by atoms with Gasteiger partial charge in [0.05, 0.1) is 18.3 Å². The quantitative estimate of drug-likeness (QED) is 0.307. The first-order chi connectivity index (χ1) is 15.4. The van der Waals surface area contributed by atoms with Crippen LogP contribution in [0, 0.1) is 12.8 Å². The number of hydrogen-bond donors (Lipinski definition) is 0. The number of aromatic nitrogens is 3. The minimum absolute atomic E-state index is 0.00467. The maximum absolute atomic E-state index is 12.1. The van der Waals surface area contributed by atoms with Crippen molar-refractivity contribution in [3.63, 3.8) is 0 Å². The molecule has 2 aromatic rings. The number of esters is 1. The Morgan fingerprint density at radius 2 is 2.12 bits per heavy atom. The standard InChI is InChI=1S/C25H29N3O4/c1-16-6-9-20(10-7-16)30-15-19-14-28(27-26-19)13-18-5-4-12-25(3)23(32-25)22-21(11-8-18)17(2)24(29)31-22/h5-7,9-10,14,21-23H,2,4,8,11-13,15H2,1,3H3/b18-5+/t21-,22-,23-,25+/m0/s1. The lowest BCUT2D eigenvalue weighted by Gasteiger charge is -2.20. The van der Waals surface area contributed by atoms with Crippen LogP contribution in [0.2, 0.25) is 0 Å². The molecular weight excluding hydrogens is 406 g/mol. The zero-order chi connectivity index (χ0) is 22.3. The molecule has 0 unspecified atom stereocenters. The summed E-state index contributed by atoms with van der Waals surface area (Å²) in [5.41, 5.74) is 3.61. The van der Waals surface area contributed by atoms with Gasteiger partial charge in [-0.05, 0) is 51.7 Å². The molecule has 7 heteroatoms. The van der Waals surface area contributed by atoms with Crippen molar-refractivity contribution in [2.24, 2.45) is 5.92 Å². The van der Waals surface area contributed by atoms with Gasteiger partial charge in [-0.1, -0.05) is 41.1 Å². The van der Waals surface area contributed by atoms with E-state index in [1.54, 1.807) is 0 Å². The summed E-state index contributed by atoms with van der Waals surface area (Å²) in [4.78, 5) is 12.1. The van der Waals surface area contributed by atoms with Gasteiger partial charge >= 0.3 is 5.97 Å². The predicted molar refractivity (Wildman–Crippen MR) is 118 cm³/mol. The van der Waals surface area contributed by atoms with Crippen LogP contribution in [0.25, 0.3) is 0 Å². The van der Waals surface area contributed by atoms with Crippen LogP contribution in [-0.4, -0.2) is 38.8 Å². The molecule has 3 heterocycles. The Kier molecular flexibility index (Phi) is 5.37. The van der Waals surface area contributed by atoms with E-state index < -0.39 is 0 Å². The lowest BCUT2D eigenvalue weighted by molar-refractivity contribution is -0.140. The highest BCUT2D eigenvalue weighted by atomic mass is 16.6. The molecule has 2 fully saturated rings. The highest BCUT2D eigenvalue weighted by molar-refractivity contribution is 5.91. The fourth-order valence-corrected chi connectivity index (χ4v) is 4.75. The normalized spacial score (nSPS) is 31.2. The Morgan fingerprint density at radius 1 is 1.31 bits per heavy atom. The summed E-state index contributed by atoms with van der Waals surface area (Å²) in [7, 11) is 0. The van der Waals surface area contributed by atoms with Crippen LogP contribution in [-0.2, 0) is 27.4 Å². The van der Waals surface area contributed by atoms with Crippen LogP contribution < -0.4 is 4.74 Å². The van der Waals surface area contributed by atoms with Crippen molar-refractivity contribution < 1.29 is 19.0 Å². The molecule has 1 aromatic heterocycles. The second-order valence-corrected chi connectivity index (χ2v) is 9.30. The number of benzene rings is 1. The minimum atomic E-state index is -0.280. The molecule has 168 valence electrons. The van der Waals surface area contributed by atoms with Gasteiger partial charge in [-0.3, -0.25) is 0 Å². The van der Waals surface area contributed by atoms with Crippen LogP contribution in [0.3, 0.4) is 0 Å². The average Bonchev–Trinajstić information content (AvgIpc) is 3.09. The van der Waals surface area contributed by atoms with E-state index in [1.807, 2.05) is 42.1 Å². The molecule has 0 saturated carbocycles. The topological polar surface area (TPSA) is 78.8 Å². The molecule has 5 rings (SSSR count). The van der Waals surface area contributed by atoms with Gasteiger partial charge in [0.2, 0.25) is 0 Å². The molecule has 0 bridgehead atoms. The van der Waals surface area contributed by atoms with E-state index in [2.05, 4.69) is 29.9 Å². The number of ether oxygens (including phenoxy) is 3. The fraction of sp³-hybridized carbons (Fsp3) is 0.480. The van der Waals surface area contributed by atoms with Gasteiger partial charge in [-0.25, -0.2) is 9.48 Å². The number of carbonyl (C=O) groups is 1. The lowest BCUT2D eigenvalue weighted by Crippen LogP contribution is -2.29. The first kappa shape index (κ1) is 20.9. The summed E-state index contributed by atoms with van der Waals surface area (Å²) in [5, 5.41) is 8.54. The van der Waals surface area contributed by atoms with Gasteiger partial charge in [0.1, 0.15) is 30.3 Å². The summed E-state index contributed by atoms with van der Waals surface area (Å²) >= 11 is 0. The number of hydrogen-bond acceptors (Lipinski definition) is 6. The molecule has 1 aromatic carbocycles. The Morgan fingerprint density at radius 3 is 2.94 bits per heavy atom. The molecule has 0 radical (unpaired) electrons. The lowest BCUT2D eigenvalue weighted by atomic mass is 9.84. The van der Waals surface area contributed by atoms with Crippen LogP contribution >= 0.6 is 0 Å². The van der Waals surface area contributed by atoms with Gasteiger partial charge in [-0.15, -0.1) is 5.10 Å². The van der Waals surface area contributed by atoms with Crippen molar-refractivity contribution >= 4 is 5.97 Å². The molecule has 32 heavy (non-hydrogen) atoms. The predicted octanol–water partition coefficient (Wildman–Crippen LogP) is 3.92. The molecule has 3 aliphatic rings. The first-order valence-corrected chi connectivity index (χ1v) is 11.3. The van der Waals surface area contributed by atoms with Crippen molar-refractivity contribution in [1.29, 1.82) is 0 Å². The third kappa shape index (κ3) is 4.21. The van der Waals surface area contributed by atoms with Crippen LogP contribution in [0.5, 0.6) is 5.75 Å². The third-order valence-corrected chi connectivity index (χ3v) is 6.80. The number of rotatable bonds is 5. The average molecular weight is 436 g/mol. The van der Waals surface area contributed by atoms with E-state index in [-0.39, 0.29) is 29.7 Å². The van der Waals surface area contributed by atoms with E-state index in [4.69, 9.17) is 14.2 Å². The van der Waals surface area contributed by atoms with E-state index in [1.165, 1.54) is 11.1 Å². The summed E-state index contributed by atoms with van der Waals surface area (Å²) in [6.45, 7) is 9.19. The van der Waals surface area contributed by atoms with Crippen molar-refractivity contribution in [3.05, 3.63) is 65.5 Å². The number of aryl methyl sites for hydroxylation is 1. The van der Waals surface area contributed by atoms with Gasteiger partial charge in [0.15, 0.2) is 0 Å². The van der Waals surface area contributed by atoms with Crippen LogP contribution in [0.15, 0.2) is 54.3 Å². The second kappa shape index (κ2) is 8.20. The van der Waals surface area contributed by atoms with Gasteiger partial charge in [0.25, 0.3) is 0 Å². The third-order valence-electron chi connectivity index (χ3n) is 6.80. The molecule has 1 aliphatic carbocycles. The fourth-order valence-electron chi connectivity index (χ4n) is 4.75. The molecule has 2 aliphatic heterocycles. The SMILES string of the molecule is C=C1C(=O)O[C@H]2[C@H]1CC/C(Cn1cc(COc3ccc(C)cc3)nn1)=C\CC[C@@]1(C)O[C@@H]21. The summed E-state index contributed by atoms with van der Waals surface area (Å²) in [5.74, 6) is 0.541. The number of carbonyl (C=O) groups excluding carboxylic acids is 1. The second-order valence-electron chi connectivity index (χ2n) is 9.30. The number of allylic oxidation sites excluding steroid dienone is 2. The molecule has 2 saturated heterocycles. The Hall–Kier alpha value is -2.93. The maximum Gasteiger partial charge on any atom is 0.334 e. The van der Waals surface area contributed by atoms with E-state index in [0.29, 0.717) is 18.7 Å². The number of nitrogens with zero attached hydrogens (tertiary/aromatic N) is 3. The number of epoxide rings is 1. The van der Waals surface area contributed by atoms with E-state index in [9.17, 15) is 4.79 Å². The first-order valence-electron chi connectivity index (χ1n) is 11.3. The Labute approximate surface area is 188 Å². The van der Waals surface area contributed by atoms with Crippen LogP contribution in [0.4, 0.5) is 0 Å². The van der Waals surface area contributed by atoms with Crippen molar-refractivity contribution in [2.45, 2.75) is 70.5 Å². The minimum Gasteiger partial charge on any atom is -0.487 e. The van der Waals surface area contributed by atoms with Crippen molar-refractivity contribution in [3.8, 4) is 5.75 Å². The zero-order valence-corrected chi connectivity index (χ0v) is 18.6. The summed E-state index contributed by atoms with van der Waals surface area (Å²) in [6, 6.07) is 7.96. The molecule has 0 spiro atoms. The number of fused-ring (bicyclic) bond motifs is 3. The van der Waals surface area contributed by atoms with Gasteiger partial charge in [-0.2, -0.15) is 0 Å². The maximum atomic E-state index is 12.1. The van der Waals surface area contributed by atoms with Crippen molar-refractivity contribution in [2.75, 3.05) is 0 Å². The highest BCUT2D eigenvalue weighted by Gasteiger charge is 2.61. The highest BCUT2D eigenvalue weighted by Crippen LogP contribution is 2.49. The Balaban J connectivity index is 1.24. The molecule has 7 nitrogen and oxygen atoms in total. The van der Waals surface area contributed by atoms with E-state index in [0.717, 1.165) is 37.1 Å². The summed E-state index contributed by atoms with van der Waals surface area (Å²) in [6.07, 6.45) is 7.49. The zero-order valence-electron chi connectivity index (χ0n) is 18.6. The van der Waals surface area contributed by atoms with Gasteiger partial charge < -0.3 is 14.2 Å². The smallest absolute Gasteiger partial charge is 0.334 e.